The minimum Gasteiger partial charge on any atom is -0.382 e. The van der Waals surface area contributed by atoms with E-state index in [2.05, 4.69) is 5.32 Å². The highest BCUT2D eigenvalue weighted by Crippen LogP contribution is 2.24. The average Bonchev–Trinajstić information content (AvgIpc) is 2.33. The number of halogens is 1. The third kappa shape index (κ3) is 2.73. The molecule has 0 aliphatic heterocycles. The molecule has 0 saturated heterocycles. The molecule has 2 nitrogen and oxygen atoms in total. The minimum atomic E-state index is -0.213. The van der Waals surface area contributed by atoms with E-state index in [4.69, 9.17) is 5.73 Å². The summed E-state index contributed by atoms with van der Waals surface area (Å²) in [5, 5.41) is 3.48. The molecule has 2 rings (SSSR count). The molecule has 1 aliphatic rings. The minimum absolute atomic E-state index is 0.213. The van der Waals surface area contributed by atoms with Gasteiger partial charge < -0.3 is 11.1 Å². The summed E-state index contributed by atoms with van der Waals surface area (Å²) in [6.07, 6.45) is 6.34. The molecule has 3 heteroatoms. The quantitative estimate of drug-likeness (QED) is 0.825. The summed E-state index contributed by atoms with van der Waals surface area (Å²) in [5.74, 6) is -0.213. The molecule has 0 atom stereocenters. The topological polar surface area (TPSA) is 38.0 Å². The van der Waals surface area contributed by atoms with E-state index >= 15 is 0 Å². The Morgan fingerprint density at radius 3 is 2.69 bits per heavy atom. The Bertz CT molecular complexity index is 346. The van der Waals surface area contributed by atoms with Gasteiger partial charge in [0.1, 0.15) is 5.82 Å². The molecule has 1 fully saturated rings. The van der Waals surface area contributed by atoms with E-state index in [-0.39, 0.29) is 5.82 Å². The molecule has 88 valence electrons. The summed E-state index contributed by atoms with van der Waals surface area (Å²) in [7, 11) is 0. The van der Waals surface area contributed by atoms with Crippen molar-refractivity contribution in [3.8, 4) is 0 Å². The molecule has 0 bridgehead atoms. The SMILES string of the molecule is NCc1cc(F)ccc1NC1CCCCC1. The van der Waals surface area contributed by atoms with Gasteiger partial charge in [0.25, 0.3) is 0 Å². The lowest BCUT2D eigenvalue weighted by atomic mass is 9.95. The van der Waals surface area contributed by atoms with Crippen molar-refractivity contribution in [1.29, 1.82) is 0 Å². The molecule has 1 aromatic rings. The van der Waals surface area contributed by atoms with E-state index in [0.29, 0.717) is 12.6 Å². The second kappa shape index (κ2) is 5.30. The van der Waals surface area contributed by atoms with E-state index < -0.39 is 0 Å². The standard InChI is InChI=1S/C13H19FN2/c14-11-6-7-13(10(8-11)9-15)16-12-4-2-1-3-5-12/h6-8,12,16H,1-5,9,15H2. The van der Waals surface area contributed by atoms with Crippen LogP contribution in [0.5, 0.6) is 0 Å². The van der Waals surface area contributed by atoms with Gasteiger partial charge in [0.15, 0.2) is 0 Å². The number of hydrogen-bond donors (Lipinski definition) is 2. The van der Waals surface area contributed by atoms with E-state index in [1.54, 1.807) is 6.07 Å². The van der Waals surface area contributed by atoms with Crippen LogP contribution in [0.15, 0.2) is 18.2 Å². The number of benzene rings is 1. The number of nitrogens with two attached hydrogens (primary N) is 1. The summed E-state index contributed by atoms with van der Waals surface area (Å²) in [6, 6.07) is 5.34. The molecule has 0 amide bonds. The van der Waals surface area contributed by atoms with Crippen LogP contribution in [-0.2, 0) is 6.54 Å². The van der Waals surface area contributed by atoms with Crippen LogP contribution in [0.3, 0.4) is 0 Å². The van der Waals surface area contributed by atoms with E-state index in [9.17, 15) is 4.39 Å². The average molecular weight is 222 g/mol. The maximum absolute atomic E-state index is 13.0. The molecule has 1 saturated carbocycles. The van der Waals surface area contributed by atoms with Crippen molar-refractivity contribution in [2.75, 3.05) is 5.32 Å². The van der Waals surface area contributed by atoms with Crippen molar-refractivity contribution >= 4 is 5.69 Å². The van der Waals surface area contributed by atoms with Crippen LogP contribution < -0.4 is 11.1 Å². The Morgan fingerprint density at radius 1 is 1.25 bits per heavy atom. The van der Waals surface area contributed by atoms with Crippen molar-refractivity contribution in [1.82, 2.24) is 0 Å². The predicted octanol–water partition coefficient (Wildman–Crippen LogP) is 3.03. The molecule has 0 unspecified atom stereocenters. The van der Waals surface area contributed by atoms with E-state index in [1.807, 2.05) is 0 Å². The van der Waals surface area contributed by atoms with Crippen molar-refractivity contribution in [3.05, 3.63) is 29.6 Å². The summed E-state index contributed by atoms with van der Waals surface area (Å²) >= 11 is 0. The Balaban J connectivity index is 2.07. The van der Waals surface area contributed by atoms with Crippen LogP contribution in [0.1, 0.15) is 37.7 Å². The lowest BCUT2D eigenvalue weighted by molar-refractivity contribution is 0.462. The molecule has 0 heterocycles. The van der Waals surface area contributed by atoms with Crippen molar-refractivity contribution in [2.45, 2.75) is 44.7 Å². The van der Waals surface area contributed by atoms with Crippen LogP contribution in [0.4, 0.5) is 10.1 Å². The van der Waals surface area contributed by atoms with Gasteiger partial charge in [0.2, 0.25) is 0 Å². The lowest BCUT2D eigenvalue weighted by Crippen LogP contribution is -2.23. The lowest BCUT2D eigenvalue weighted by Gasteiger charge is -2.25. The largest absolute Gasteiger partial charge is 0.382 e. The first-order valence-corrected chi connectivity index (χ1v) is 6.04. The highest BCUT2D eigenvalue weighted by Gasteiger charge is 2.14. The van der Waals surface area contributed by atoms with Crippen molar-refractivity contribution in [3.63, 3.8) is 0 Å². The van der Waals surface area contributed by atoms with Crippen molar-refractivity contribution < 1.29 is 4.39 Å². The van der Waals surface area contributed by atoms with Crippen LogP contribution in [0.25, 0.3) is 0 Å². The van der Waals surface area contributed by atoms with Gasteiger partial charge in [-0.05, 0) is 36.6 Å². The van der Waals surface area contributed by atoms with Gasteiger partial charge in [0, 0.05) is 18.3 Å². The number of nitrogens with one attached hydrogen (secondary N) is 1. The molecule has 0 radical (unpaired) electrons. The summed E-state index contributed by atoms with van der Waals surface area (Å²) in [5.41, 5.74) is 7.48. The molecular formula is C13H19FN2. The molecule has 1 aromatic carbocycles. The molecule has 3 N–H and O–H groups in total. The number of rotatable bonds is 3. The Kier molecular flexibility index (Phi) is 3.78. The number of hydrogen-bond acceptors (Lipinski definition) is 2. The van der Waals surface area contributed by atoms with Crippen LogP contribution in [0, 0.1) is 5.82 Å². The fourth-order valence-corrected chi connectivity index (χ4v) is 2.34. The third-order valence-corrected chi connectivity index (χ3v) is 3.25. The Morgan fingerprint density at radius 2 is 2.00 bits per heavy atom. The zero-order valence-corrected chi connectivity index (χ0v) is 9.51. The molecule has 0 aromatic heterocycles. The first-order chi connectivity index (χ1) is 7.79. The Hall–Kier alpha value is -1.09. The molecule has 16 heavy (non-hydrogen) atoms. The first-order valence-electron chi connectivity index (χ1n) is 6.04. The van der Waals surface area contributed by atoms with Gasteiger partial charge >= 0.3 is 0 Å². The van der Waals surface area contributed by atoms with Gasteiger partial charge in [0.05, 0.1) is 0 Å². The van der Waals surface area contributed by atoms with Gasteiger partial charge in [-0.25, -0.2) is 4.39 Å². The second-order valence-electron chi connectivity index (χ2n) is 4.48. The summed E-state index contributed by atoms with van der Waals surface area (Å²) in [4.78, 5) is 0. The molecule has 0 spiro atoms. The first kappa shape index (κ1) is 11.4. The number of anilines is 1. The van der Waals surface area contributed by atoms with Gasteiger partial charge in [-0.2, -0.15) is 0 Å². The predicted molar refractivity (Wildman–Crippen MR) is 64.8 cm³/mol. The molecule has 1 aliphatic carbocycles. The van der Waals surface area contributed by atoms with Crippen molar-refractivity contribution in [2.24, 2.45) is 5.73 Å². The fraction of sp³-hybridized carbons (Fsp3) is 0.538. The monoisotopic (exact) mass is 222 g/mol. The zero-order chi connectivity index (χ0) is 11.4. The third-order valence-electron chi connectivity index (χ3n) is 3.25. The normalized spacial score (nSPS) is 17.4. The highest BCUT2D eigenvalue weighted by molar-refractivity contribution is 5.52. The molecular weight excluding hydrogens is 203 g/mol. The zero-order valence-electron chi connectivity index (χ0n) is 9.51. The van der Waals surface area contributed by atoms with Gasteiger partial charge in [-0.1, -0.05) is 19.3 Å². The van der Waals surface area contributed by atoms with Crippen LogP contribution in [-0.4, -0.2) is 6.04 Å². The maximum Gasteiger partial charge on any atom is 0.123 e. The highest BCUT2D eigenvalue weighted by atomic mass is 19.1. The summed E-state index contributed by atoms with van der Waals surface area (Å²) in [6.45, 7) is 0.382. The van der Waals surface area contributed by atoms with E-state index in [0.717, 1.165) is 11.3 Å². The van der Waals surface area contributed by atoms with Crippen LogP contribution in [0.2, 0.25) is 0 Å². The van der Waals surface area contributed by atoms with E-state index in [1.165, 1.54) is 44.2 Å². The fourth-order valence-electron chi connectivity index (χ4n) is 2.34. The second-order valence-corrected chi connectivity index (χ2v) is 4.48. The Labute approximate surface area is 96.0 Å². The maximum atomic E-state index is 13.0. The van der Waals surface area contributed by atoms with Crippen LogP contribution >= 0.6 is 0 Å². The summed E-state index contributed by atoms with van der Waals surface area (Å²) < 4.78 is 13.0. The smallest absolute Gasteiger partial charge is 0.123 e. The van der Waals surface area contributed by atoms with Gasteiger partial charge in [-0.3, -0.25) is 0 Å². The van der Waals surface area contributed by atoms with Gasteiger partial charge in [-0.15, -0.1) is 0 Å².